The van der Waals surface area contributed by atoms with Crippen molar-refractivity contribution in [3.8, 4) is 0 Å². The van der Waals surface area contributed by atoms with Gasteiger partial charge in [-0.05, 0) is 46.7 Å². The Morgan fingerprint density at radius 3 is 2.58 bits per heavy atom. The summed E-state index contributed by atoms with van der Waals surface area (Å²) < 4.78 is 1.87. The summed E-state index contributed by atoms with van der Waals surface area (Å²) in [6, 6.07) is 0.280. The molecule has 1 aromatic heterocycles. The highest BCUT2D eigenvalue weighted by molar-refractivity contribution is 5.99. The molecule has 0 aliphatic carbocycles. The van der Waals surface area contributed by atoms with E-state index in [2.05, 4.69) is 15.6 Å². The molecule has 1 N–H and O–H groups in total. The smallest absolute Gasteiger partial charge is 0.277 e. The van der Waals surface area contributed by atoms with E-state index in [-0.39, 0.29) is 17.9 Å². The van der Waals surface area contributed by atoms with Gasteiger partial charge in [-0.2, -0.15) is 0 Å². The minimum absolute atomic E-state index is 0.0505. The van der Waals surface area contributed by atoms with Gasteiger partial charge in [-0.25, -0.2) is 4.68 Å². The van der Waals surface area contributed by atoms with Crippen LogP contribution >= 0.6 is 0 Å². The fourth-order valence-corrected chi connectivity index (χ4v) is 3.63. The Kier molecular flexibility index (Phi) is 4.33. The number of hydrogen-bond donors (Lipinski definition) is 1. The number of amides is 2. The second-order valence-corrected chi connectivity index (χ2v) is 7.19. The van der Waals surface area contributed by atoms with E-state index in [0.29, 0.717) is 18.8 Å². The van der Waals surface area contributed by atoms with E-state index in [9.17, 15) is 9.59 Å². The standard InChI is InChI=1S/C16H26N6O2/c1-11-13(18-19-22(11)12-5-7-17-8-6-12)14(23)21-10-9-20(4)15(24)16(21,2)3/h12,17H,5-10H2,1-4H3. The summed E-state index contributed by atoms with van der Waals surface area (Å²) in [6.45, 7) is 8.41. The zero-order valence-electron chi connectivity index (χ0n) is 14.9. The van der Waals surface area contributed by atoms with Crippen molar-refractivity contribution < 1.29 is 9.59 Å². The minimum atomic E-state index is -0.866. The number of piperazine rings is 1. The van der Waals surface area contributed by atoms with Gasteiger partial charge in [-0.15, -0.1) is 5.10 Å². The highest BCUT2D eigenvalue weighted by atomic mass is 16.2. The summed E-state index contributed by atoms with van der Waals surface area (Å²) in [4.78, 5) is 28.7. The van der Waals surface area contributed by atoms with Crippen LogP contribution in [-0.4, -0.2) is 75.4 Å². The molecule has 1 aromatic rings. The predicted molar refractivity (Wildman–Crippen MR) is 88.7 cm³/mol. The summed E-state index contributed by atoms with van der Waals surface area (Å²) in [5, 5.41) is 11.7. The number of nitrogens with one attached hydrogen (secondary N) is 1. The monoisotopic (exact) mass is 334 g/mol. The van der Waals surface area contributed by atoms with E-state index >= 15 is 0 Å². The van der Waals surface area contributed by atoms with E-state index in [0.717, 1.165) is 31.6 Å². The lowest BCUT2D eigenvalue weighted by molar-refractivity contribution is -0.144. The quantitative estimate of drug-likeness (QED) is 0.835. The maximum atomic E-state index is 13.0. The Balaban J connectivity index is 1.85. The van der Waals surface area contributed by atoms with Crippen LogP contribution in [0.3, 0.4) is 0 Å². The van der Waals surface area contributed by atoms with Crippen molar-refractivity contribution in [2.45, 2.75) is 45.2 Å². The van der Waals surface area contributed by atoms with Crippen molar-refractivity contribution in [2.75, 3.05) is 33.2 Å². The second kappa shape index (κ2) is 6.16. The largest absolute Gasteiger partial charge is 0.342 e. The van der Waals surface area contributed by atoms with Gasteiger partial charge in [0.25, 0.3) is 5.91 Å². The first kappa shape index (κ1) is 16.9. The van der Waals surface area contributed by atoms with E-state index in [4.69, 9.17) is 0 Å². The van der Waals surface area contributed by atoms with Crippen LogP contribution in [-0.2, 0) is 4.79 Å². The molecule has 3 rings (SSSR count). The first-order valence-corrected chi connectivity index (χ1v) is 8.54. The zero-order valence-corrected chi connectivity index (χ0v) is 14.9. The molecular formula is C16H26N6O2. The molecule has 8 heteroatoms. The summed E-state index contributed by atoms with van der Waals surface area (Å²) in [6.07, 6.45) is 1.96. The number of carbonyl (C=O) groups is 2. The Morgan fingerprint density at radius 2 is 1.92 bits per heavy atom. The van der Waals surface area contributed by atoms with Crippen LogP contribution in [0.15, 0.2) is 0 Å². The SMILES string of the molecule is Cc1c(C(=O)N2CCN(C)C(=O)C2(C)C)nnn1C1CCNCC1. The van der Waals surface area contributed by atoms with Crippen molar-refractivity contribution >= 4 is 11.8 Å². The van der Waals surface area contributed by atoms with Crippen LogP contribution in [0.5, 0.6) is 0 Å². The Morgan fingerprint density at radius 1 is 1.25 bits per heavy atom. The molecule has 0 unspecified atom stereocenters. The molecule has 8 nitrogen and oxygen atoms in total. The van der Waals surface area contributed by atoms with Crippen molar-refractivity contribution in [1.29, 1.82) is 0 Å². The van der Waals surface area contributed by atoms with Crippen molar-refractivity contribution in [3.63, 3.8) is 0 Å². The number of rotatable bonds is 2. The first-order chi connectivity index (χ1) is 11.3. The molecule has 0 saturated carbocycles. The highest BCUT2D eigenvalue weighted by Crippen LogP contribution is 2.26. The van der Waals surface area contributed by atoms with Crippen LogP contribution in [0.1, 0.15) is 48.9 Å². The highest BCUT2D eigenvalue weighted by Gasteiger charge is 2.44. The van der Waals surface area contributed by atoms with Gasteiger partial charge in [0, 0.05) is 20.1 Å². The molecule has 2 aliphatic heterocycles. The lowest BCUT2D eigenvalue weighted by Gasteiger charge is -2.44. The third-order valence-electron chi connectivity index (χ3n) is 5.23. The van der Waals surface area contributed by atoms with Crippen LogP contribution in [0, 0.1) is 6.92 Å². The van der Waals surface area contributed by atoms with Gasteiger partial charge in [0.15, 0.2) is 5.69 Å². The second-order valence-electron chi connectivity index (χ2n) is 7.19. The van der Waals surface area contributed by atoms with Crippen LogP contribution in [0.2, 0.25) is 0 Å². The molecule has 2 aliphatic rings. The summed E-state index contributed by atoms with van der Waals surface area (Å²) in [5.74, 6) is -0.260. The number of piperidine rings is 1. The average molecular weight is 334 g/mol. The maximum absolute atomic E-state index is 13.0. The lowest BCUT2D eigenvalue weighted by Crippen LogP contribution is -2.63. The molecule has 0 radical (unpaired) electrons. The third-order valence-corrected chi connectivity index (χ3v) is 5.23. The Hall–Kier alpha value is -1.96. The molecule has 132 valence electrons. The van der Waals surface area contributed by atoms with Crippen LogP contribution in [0.4, 0.5) is 0 Å². The number of carbonyl (C=O) groups excluding carboxylic acids is 2. The molecule has 0 atom stereocenters. The number of nitrogens with zero attached hydrogens (tertiary/aromatic N) is 5. The van der Waals surface area contributed by atoms with Gasteiger partial charge in [0.05, 0.1) is 11.7 Å². The summed E-state index contributed by atoms with van der Waals surface area (Å²) >= 11 is 0. The van der Waals surface area contributed by atoms with Gasteiger partial charge < -0.3 is 15.1 Å². The van der Waals surface area contributed by atoms with Crippen molar-refractivity contribution in [3.05, 3.63) is 11.4 Å². The summed E-state index contributed by atoms with van der Waals surface area (Å²) in [7, 11) is 1.77. The molecule has 0 spiro atoms. The Labute approximate surface area is 142 Å². The van der Waals surface area contributed by atoms with Gasteiger partial charge in [-0.1, -0.05) is 5.21 Å². The van der Waals surface area contributed by atoms with Crippen molar-refractivity contribution in [2.24, 2.45) is 0 Å². The third kappa shape index (κ3) is 2.68. The van der Waals surface area contributed by atoms with E-state index in [1.807, 2.05) is 11.6 Å². The van der Waals surface area contributed by atoms with Gasteiger partial charge in [0.1, 0.15) is 5.54 Å². The summed E-state index contributed by atoms with van der Waals surface area (Å²) in [5.41, 5.74) is 0.280. The maximum Gasteiger partial charge on any atom is 0.277 e. The van der Waals surface area contributed by atoms with E-state index in [1.54, 1.807) is 30.7 Å². The first-order valence-electron chi connectivity index (χ1n) is 8.54. The zero-order chi connectivity index (χ0) is 17.5. The average Bonchev–Trinajstić information content (AvgIpc) is 2.95. The Bertz CT molecular complexity index is 647. The lowest BCUT2D eigenvalue weighted by atomic mass is 9.97. The number of hydrogen-bond acceptors (Lipinski definition) is 5. The molecule has 2 amide bonds. The molecule has 2 saturated heterocycles. The van der Waals surface area contributed by atoms with E-state index in [1.165, 1.54) is 0 Å². The van der Waals surface area contributed by atoms with Gasteiger partial charge >= 0.3 is 0 Å². The molecule has 3 heterocycles. The molecule has 2 fully saturated rings. The van der Waals surface area contributed by atoms with E-state index < -0.39 is 5.54 Å². The fourth-order valence-electron chi connectivity index (χ4n) is 3.63. The van der Waals surface area contributed by atoms with Gasteiger partial charge in [0.2, 0.25) is 5.91 Å². The van der Waals surface area contributed by atoms with Gasteiger partial charge in [-0.3, -0.25) is 9.59 Å². The molecular weight excluding hydrogens is 308 g/mol. The number of aromatic nitrogens is 3. The fraction of sp³-hybridized carbons (Fsp3) is 0.750. The normalized spacial score (nSPS) is 22.1. The topological polar surface area (TPSA) is 83.4 Å². The van der Waals surface area contributed by atoms with Crippen LogP contribution < -0.4 is 5.32 Å². The van der Waals surface area contributed by atoms with Crippen molar-refractivity contribution in [1.82, 2.24) is 30.1 Å². The number of likely N-dealkylation sites (N-methyl/N-ethyl adjacent to an activating group) is 1. The molecule has 24 heavy (non-hydrogen) atoms. The molecule has 0 aromatic carbocycles. The van der Waals surface area contributed by atoms with Crippen LogP contribution in [0.25, 0.3) is 0 Å². The predicted octanol–water partition coefficient (Wildman–Crippen LogP) is 0.204. The minimum Gasteiger partial charge on any atom is -0.342 e. The molecule has 0 bridgehead atoms.